The lowest BCUT2D eigenvalue weighted by Crippen LogP contribution is -1.94. The second kappa shape index (κ2) is 4.79. The summed E-state index contributed by atoms with van der Waals surface area (Å²) in [7, 11) is 1.80. The standard InChI is InChI=1S/C11H11N3S/c1-12-11-13-7-10(8-14-11)15-9-5-3-2-4-6-9/h2-8H,1H3,(H,12,13,14). The van der Waals surface area contributed by atoms with Gasteiger partial charge in [0.1, 0.15) is 0 Å². The van der Waals surface area contributed by atoms with Crippen LogP contribution in [0.2, 0.25) is 0 Å². The van der Waals surface area contributed by atoms with Crippen LogP contribution in [-0.4, -0.2) is 17.0 Å². The minimum Gasteiger partial charge on any atom is -0.357 e. The fourth-order valence-corrected chi connectivity index (χ4v) is 1.90. The summed E-state index contributed by atoms with van der Waals surface area (Å²) >= 11 is 1.65. The van der Waals surface area contributed by atoms with Crippen LogP contribution >= 0.6 is 11.8 Å². The molecule has 0 spiro atoms. The molecule has 0 saturated heterocycles. The lowest BCUT2D eigenvalue weighted by molar-refractivity contribution is 1.09. The van der Waals surface area contributed by atoms with E-state index in [4.69, 9.17) is 0 Å². The Bertz CT molecular complexity index is 414. The molecule has 0 bridgehead atoms. The molecule has 76 valence electrons. The van der Waals surface area contributed by atoms with Crippen LogP contribution in [0.4, 0.5) is 5.95 Å². The van der Waals surface area contributed by atoms with Gasteiger partial charge in [-0.1, -0.05) is 30.0 Å². The summed E-state index contributed by atoms with van der Waals surface area (Å²) in [6.07, 6.45) is 3.63. The third-order valence-electron chi connectivity index (χ3n) is 1.83. The van der Waals surface area contributed by atoms with Crippen LogP contribution in [-0.2, 0) is 0 Å². The van der Waals surface area contributed by atoms with Crippen LogP contribution < -0.4 is 5.32 Å². The lowest BCUT2D eigenvalue weighted by Gasteiger charge is -2.01. The first kappa shape index (κ1) is 9.98. The average Bonchev–Trinajstić information content (AvgIpc) is 2.31. The summed E-state index contributed by atoms with van der Waals surface area (Å²) in [6.45, 7) is 0. The van der Waals surface area contributed by atoms with Crippen LogP contribution in [0.15, 0.2) is 52.5 Å². The minimum absolute atomic E-state index is 0.646. The molecule has 0 unspecified atom stereocenters. The Morgan fingerprint density at radius 1 is 1.00 bits per heavy atom. The topological polar surface area (TPSA) is 37.8 Å². The number of rotatable bonds is 3. The highest BCUT2D eigenvalue weighted by Gasteiger charge is 1.97. The van der Waals surface area contributed by atoms with Crippen molar-refractivity contribution in [3.8, 4) is 0 Å². The normalized spacial score (nSPS) is 9.93. The second-order valence-electron chi connectivity index (χ2n) is 2.91. The van der Waals surface area contributed by atoms with Crippen LogP contribution in [0.5, 0.6) is 0 Å². The van der Waals surface area contributed by atoms with Gasteiger partial charge in [-0.15, -0.1) is 0 Å². The van der Waals surface area contributed by atoms with Gasteiger partial charge in [0, 0.05) is 29.2 Å². The molecular formula is C11H11N3S. The molecule has 1 N–H and O–H groups in total. The van der Waals surface area contributed by atoms with Crippen molar-refractivity contribution in [1.82, 2.24) is 9.97 Å². The van der Waals surface area contributed by atoms with Gasteiger partial charge in [0.25, 0.3) is 0 Å². The van der Waals surface area contributed by atoms with Gasteiger partial charge >= 0.3 is 0 Å². The summed E-state index contributed by atoms with van der Waals surface area (Å²) in [5.74, 6) is 0.646. The zero-order chi connectivity index (χ0) is 10.5. The van der Waals surface area contributed by atoms with Gasteiger partial charge in [0.05, 0.1) is 0 Å². The molecule has 0 saturated carbocycles. The number of benzene rings is 1. The van der Waals surface area contributed by atoms with Crippen molar-refractivity contribution >= 4 is 17.7 Å². The highest BCUT2D eigenvalue weighted by Crippen LogP contribution is 2.25. The number of nitrogens with zero attached hydrogens (tertiary/aromatic N) is 2. The quantitative estimate of drug-likeness (QED) is 0.857. The molecule has 1 aromatic carbocycles. The SMILES string of the molecule is CNc1ncc(Sc2ccccc2)cn1. The first-order valence-electron chi connectivity index (χ1n) is 4.61. The van der Waals surface area contributed by atoms with Crippen molar-refractivity contribution in [1.29, 1.82) is 0 Å². The smallest absolute Gasteiger partial charge is 0.222 e. The molecule has 0 radical (unpaired) electrons. The molecular weight excluding hydrogens is 206 g/mol. The summed E-state index contributed by atoms with van der Waals surface area (Å²) in [5.41, 5.74) is 0. The second-order valence-corrected chi connectivity index (χ2v) is 4.05. The Balaban J connectivity index is 2.11. The van der Waals surface area contributed by atoms with E-state index >= 15 is 0 Å². The Hall–Kier alpha value is -1.55. The molecule has 15 heavy (non-hydrogen) atoms. The first-order valence-corrected chi connectivity index (χ1v) is 5.43. The van der Waals surface area contributed by atoms with Crippen LogP contribution in [0, 0.1) is 0 Å². The highest BCUT2D eigenvalue weighted by atomic mass is 32.2. The molecule has 3 nitrogen and oxygen atoms in total. The third kappa shape index (κ3) is 2.70. The predicted molar refractivity (Wildman–Crippen MR) is 62.1 cm³/mol. The molecule has 2 aromatic rings. The minimum atomic E-state index is 0.646. The van der Waals surface area contributed by atoms with Gasteiger partial charge in [0.2, 0.25) is 5.95 Å². The zero-order valence-electron chi connectivity index (χ0n) is 8.34. The van der Waals surface area contributed by atoms with E-state index in [1.807, 2.05) is 30.6 Å². The van der Waals surface area contributed by atoms with Crippen molar-refractivity contribution < 1.29 is 0 Å². The Labute approximate surface area is 93.0 Å². The van der Waals surface area contributed by atoms with Crippen molar-refractivity contribution in [2.75, 3.05) is 12.4 Å². The number of aromatic nitrogens is 2. The maximum absolute atomic E-state index is 4.15. The van der Waals surface area contributed by atoms with E-state index in [2.05, 4.69) is 27.4 Å². The fraction of sp³-hybridized carbons (Fsp3) is 0.0909. The zero-order valence-corrected chi connectivity index (χ0v) is 9.16. The van der Waals surface area contributed by atoms with E-state index in [-0.39, 0.29) is 0 Å². The van der Waals surface area contributed by atoms with E-state index in [0.29, 0.717) is 5.95 Å². The summed E-state index contributed by atoms with van der Waals surface area (Å²) in [5, 5.41) is 2.89. The summed E-state index contributed by atoms with van der Waals surface area (Å²) < 4.78 is 0. The number of nitrogens with one attached hydrogen (secondary N) is 1. The molecule has 0 amide bonds. The van der Waals surface area contributed by atoms with E-state index in [9.17, 15) is 0 Å². The molecule has 2 rings (SSSR count). The monoisotopic (exact) mass is 217 g/mol. The Morgan fingerprint density at radius 2 is 1.67 bits per heavy atom. The summed E-state index contributed by atoms with van der Waals surface area (Å²) in [6, 6.07) is 10.2. The van der Waals surface area contributed by atoms with Crippen LogP contribution in [0.3, 0.4) is 0 Å². The Kier molecular flexibility index (Phi) is 3.19. The molecule has 0 atom stereocenters. The average molecular weight is 217 g/mol. The highest BCUT2D eigenvalue weighted by molar-refractivity contribution is 7.99. The van der Waals surface area contributed by atoms with E-state index in [1.165, 1.54) is 4.90 Å². The van der Waals surface area contributed by atoms with Gasteiger partial charge in [-0.3, -0.25) is 0 Å². The first-order chi connectivity index (χ1) is 7.38. The van der Waals surface area contributed by atoms with Crippen molar-refractivity contribution in [2.24, 2.45) is 0 Å². The van der Waals surface area contributed by atoms with Gasteiger partial charge in [-0.25, -0.2) is 9.97 Å². The molecule has 0 aliphatic carbocycles. The maximum atomic E-state index is 4.15. The van der Waals surface area contributed by atoms with E-state index in [1.54, 1.807) is 18.8 Å². The van der Waals surface area contributed by atoms with Crippen molar-refractivity contribution in [2.45, 2.75) is 9.79 Å². The van der Waals surface area contributed by atoms with Crippen molar-refractivity contribution in [3.63, 3.8) is 0 Å². The Morgan fingerprint density at radius 3 is 2.27 bits per heavy atom. The van der Waals surface area contributed by atoms with Gasteiger partial charge < -0.3 is 5.32 Å². The van der Waals surface area contributed by atoms with Crippen molar-refractivity contribution in [3.05, 3.63) is 42.7 Å². The van der Waals surface area contributed by atoms with E-state index < -0.39 is 0 Å². The largest absolute Gasteiger partial charge is 0.357 e. The van der Waals surface area contributed by atoms with Crippen LogP contribution in [0.25, 0.3) is 0 Å². The van der Waals surface area contributed by atoms with Gasteiger partial charge in [-0.2, -0.15) is 0 Å². The molecule has 1 aromatic heterocycles. The number of hydrogen-bond donors (Lipinski definition) is 1. The third-order valence-corrected chi connectivity index (χ3v) is 2.79. The number of anilines is 1. The van der Waals surface area contributed by atoms with E-state index in [0.717, 1.165) is 4.90 Å². The lowest BCUT2D eigenvalue weighted by atomic mass is 10.4. The molecule has 0 aliphatic rings. The summed E-state index contributed by atoms with van der Waals surface area (Å²) in [4.78, 5) is 10.5. The molecule has 4 heteroatoms. The van der Waals surface area contributed by atoms with Gasteiger partial charge in [0.15, 0.2) is 0 Å². The number of hydrogen-bond acceptors (Lipinski definition) is 4. The van der Waals surface area contributed by atoms with Gasteiger partial charge in [-0.05, 0) is 12.1 Å². The maximum Gasteiger partial charge on any atom is 0.222 e. The molecule has 0 aliphatic heterocycles. The molecule has 1 heterocycles. The fourth-order valence-electron chi connectivity index (χ4n) is 1.12. The van der Waals surface area contributed by atoms with Crippen LogP contribution in [0.1, 0.15) is 0 Å². The molecule has 0 fully saturated rings. The predicted octanol–water partition coefficient (Wildman–Crippen LogP) is 2.67.